The molecule has 0 radical (unpaired) electrons. The number of methoxy groups -OCH3 is 1. The van der Waals surface area contributed by atoms with Crippen LogP contribution in [0.4, 0.5) is 0 Å². The van der Waals surface area contributed by atoms with Crippen molar-refractivity contribution in [3.05, 3.63) is 11.1 Å². The zero-order chi connectivity index (χ0) is 24.8. The second-order valence-corrected chi connectivity index (χ2v) is 11.8. The van der Waals surface area contributed by atoms with Crippen molar-refractivity contribution in [3.8, 4) is 0 Å². The maximum atomic E-state index is 12.3. The molecule has 6 heteroatoms. The highest BCUT2D eigenvalue weighted by molar-refractivity contribution is 5.69. The molecule has 4 aliphatic carbocycles. The SMILES string of the molecule is COC(=O)CC(C)C1CCC2=C3CCC4CC(OC(C)=O)CCC4(C)C3CC(OC(C)=O)C21C. The average molecular weight is 475 g/mol. The largest absolute Gasteiger partial charge is 0.469 e. The number of carbonyl (C=O) groups excluding carboxylic acids is 3. The Morgan fingerprint density at radius 2 is 1.71 bits per heavy atom. The number of carbonyl (C=O) groups is 3. The summed E-state index contributed by atoms with van der Waals surface area (Å²) in [6.45, 7) is 9.87. The molecule has 0 bridgehead atoms. The van der Waals surface area contributed by atoms with Gasteiger partial charge in [-0.15, -0.1) is 0 Å². The van der Waals surface area contributed by atoms with Gasteiger partial charge in [0.15, 0.2) is 0 Å². The molecule has 0 heterocycles. The number of allylic oxidation sites excluding steroid dienone is 1. The molecule has 0 N–H and O–H groups in total. The van der Waals surface area contributed by atoms with E-state index in [1.807, 2.05) is 0 Å². The lowest BCUT2D eigenvalue weighted by molar-refractivity contribution is -0.161. The summed E-state index contributed by atoms with van der Waals surface area (Å²) in [4.78, 5) is 35.9. The second kappa shape index (κ2) is 9.31. The van der Waals surface area contributed by atoms with Gasteiger partial charge >= 0.3 is 17.9 Å². The van der Waals surface area contributed by atoms with E-state index in [1.54, 1.807) is 5.57 Å². The molecule has 4 rings (SSSR count). The Labute approximate surface area is 204 Å². The van der Waals surface area contributed by atoms with Crippen LogP contribution in [0.15, 0.2) is 11.1 Å². The minimum absolute atomic E-state index is 0.0259. The summed E-state index contributed by atoms with van der Waals surface area (Å²) >= 11 is 0. The van der Waals surface area contributed by atoms with E-state index in [2.05, 4.69) is 20.8 Å². The number of ether oxygens (including phenoxy) is 3. The van der Waals surface area contributed by atoms with Crippen molar-refractivity contribution < 1.29 is 28.6 Å². The minimum Gasteiger partial charge on any atom is -0.469 e. The zero-order valence-electron chi connectivity index (χ0n) is 21.8. The first-order valence-corrected chi connectivity index (χ1v) is 13.1. The van der Waals surface area contributed by atoms with E-state index in [0.29, 0.717) is 18.3 Å². The number of hydrogen-bond donors (Lipinski definition) is 0. The van der Waals surface area contributed by atoms with E-state index in [-0.39, 0.29) is 52.8 Å². The molecule has 0 aromatic rings. The van der Waals surface area contributed by atoms with Gasteiger partial charge in [0, 0.05) is 25.7 Å². The molecule has 3 saturated carbocycles. The molecule has 4 aliphatic rings. The van der Waals surface area contributed by atoms with Gasteiger partial charge in [0.2, 0.25) is 0 Å². The zero-order valence-corrected chi connectivity index (χ0v) is 21.8. The number of rotatable bonds is 5. The highest BCUT2D eigenvalue weighted by atomic mass is 16.5. The smallest absolute Gasteiger partial charge is 0.305 e. The van der Waals surface area contributed by atoms with Crippen LogP contribution in [0, 0.1) is 34.5 Å². The predicted molar refractivity (Wildman–Crippen MR) is 128 cm³/mol. The monoisotopic (exact) mass is 474 g/mol. The molecule has 8 unspecified atom stereocenters. The molecule has 0 aromatic heterocycles. The van der Waals surface area contributed by atoms with Crippen LogP contribution in [0.1, 0.15) is 92.4 Å². The minimum atomic E-state index is -0.233. The lowest BCUT2D eigenvalue weighted by Crippen LogP contribution is -2.53. The summed E-state index contributed by atoms with van der Waals surface area (Å²) in [6.07, 6.45) is 8.20. The van der Waals surface area contributed by atoms with Crippen molar-refractivity contribution in [3.63, 3.8) is 0 Å². The average Bonchev–Trinajstić information content (AvgIpc) is 3.12. The Balaban J connectivity index is 1.68. The van der Waals surface area contributed by atoms with Gasteiger partial charge < -0.3 is 14.2 Å². The third kappa shape index (κ3) is 4.19. The standard InChI is InChI=1S/C28H42O6/c1-16(13-26(31)32-6)22-9-10-23-21-8-7-19-14-20(33-17(2)29)11-12-27(19,4)24(21)15-25(28(22,23)5)34-18(3)30/h16,19-20,22,24-25H,7-15H2,1-6H3. The molecular formula is C28H42O6. The van der Waals surface area contributed by atoms with Crippen molar-refractivity contribution in [1.29, 1.82) is 0 Å². The van der Waals surface area contributed by atoms with Gasteiger partial charge in [0.25, 0.3) is 0 Å². The van der Waals surface area contributed by atoms with Crippen molar-refractivity contribution in [1.82, 2.24) is 0 Å². The summed E-state index contributed by atoms with van der Waals surface area (Å²) in [5.41, 5.74) is 3.00. The number of fused-ring (bicyclic) bond motifs is 4. The summed E-state index contributed by atoms with van der Waals surface area (Å²) in [5.74, 6) is 0.766. The summed E-state index contributed by atoms with van der Waals surface area (Å²) in [7, 11) is 1.45. The van der Waals surface area contributed by atoms with Crippen LogP contribution in [0.2, 0.25) is 0 Å². The molecule has 3 fully saturated rings. The van der Waals surface area contributed by atoms with Crippen LogP contribution in [-0.4, -0.2) is 37.2 Å². The van der Waals surface area contributed by atoms with E-state index < -0.39 is 0 Å². The van der Waals surface area contributed by atoms with E-state index in [1.165, 1.54) is 26.5 Å². The van der Waals surface area contributed by atoms with Gasteiger partial charge in [-0.2, -0.15) is 0 Å². The lowest BCUT2D eigenvalue weighted by atomic mass is 9.48. The highest BCUT2D eigenvalue weighted by Crippen LogP contribution is 2.66. The predicted octanol–water partition coefficient (Wildman–Crippen LogP) is 5.38. The van der Waals surface area contributed by atoms with Gasteiger partial charge in [0.05, 0.1) is 7.11 Å². The molecule has 34 heavy (non-hydrogen) atoms. The van der Waals surface area contributed by atoms with Gasteiger partial charge in [0.1, 0.15) is 12.2 Å². The van der Waals surface area contributed by atoms with Crippen LogP contribution in [0.5, 0.6) is 0 Å². The molecular weight excluding hydrogens is 432 g/mol. The second-order valence-electron chi connectivity index (χ2n) is 11.8. The topological polar surface area (TPSA) is 78.9 Å². The van der Waals surface area contributed by atoms with Gasteiger partial charge in [-0.25, -0.2) is 0 Å². The molecule has 0 amide bonds. The normalized spacial score (nSPS) is 39.9. The van der Waals surface area contributed by atoms with Gasteiger partial charge in [-0.3, -0.25) is 14.4 Å². The maximum Gasteiger partial charge on any atom is 0.305 e. The Hall–Kier alpha value is -1.85. The fraction of sp³-hybridized carbons (Fsp3) is 0.821. The summed E-state index contributed by atoms with van der Waals surface area (Å²) in [5, 5.41) is 0. The van der Waals surface area contributed by atoms with Gasteiger partial charge in [-0.1, -0.05) is 31.9 Å². The molecule has 0 aromatic carbocycles. The first kappa shape index (κ1) is 25.2. The highest BCUT2D eigenvalue weighted by Gasteiger charge is 2.60. The first-order chi connectivity index (χ1) is 16.0. The Kier molecular flexibility index (Phi) is 6.91. The third-order valence-corrected chi connectivity index (χ3v) is 10.1. The fourth-order valence-electron chi connectivity index (χ4n) is 8.53. The lowest BCUT2D eigenvalue weighted by Gasteiger charge is -2.58. The van der Waals surface area contributed by atoms with Crippen molar-refractivity contribution >= 4 is 17.9 Å². The van der Waals surface area contributed by atoms with E-state index in [4.69, 9.17) is 14.2 Å². The van der Waals surface area contributed by atoms with Crippen LogP contribution in [-0.2, 0) is 28.6 Å². The van der Waals surface area contributed by atoms with E-state index >= 15 is 0 Å². The summed E-state index contributed by atoms with van der Waals surface area (Å²) < 4.78 is 16.7. The Morgan fingerprint density at radius 3 is 2.35 bits per heavy atom. The molecule has 6 nitrogen and oxygen atoms in total. The molecule has 0 saturated heterocycles. The van der Waals surface area contributed by atoms with Crippen LogP contribution in [0.25, 0.3) is 0 Å². The maximum absolute atomic E-state index is 12.3. The number of hydrogen-bond acceptors (Lipinski definition) is 6. The fourth-order valence-corrected chi connectivity index (χ4v) is 8.53. The van der Waals surface area contributed by atoms with Crippen molar-refractivity contribution in [2.24, 2.45) is 34.5 Å². The molecule has 0 aliphatic heterocycles. The Morgan fingerprint density at radius 1 is 1.00 bits per heavy atom. The molecule has 190 valence electrons. The molecule has 8 atom stereocenters. The molecule has 0 spiro atoms. The summed E-state index contributed by atoms with van der Waals surface area (Å²) in [6, 6.07) is 0. The van der Waals surface area contributed by atoms with Crippen molar-refractivity contribution in [2.75, 3.05) is 7.11 Å². The van der Waals surface area contributed by atoms with Crippen LogP contribution in [0.3, 0.4) is 0 Å². The third-order valence-electron chi connectivity index (χ3n) is 10.1. The quantitative estimate of drug-likeness (QED) is 0.302. The van der Waals surface area contributed by atoms with E-state index in [9.17, 15) is 14.4 Å². The Bertz CT molecular complexity index is 876. The number of esters is 3. The van der Waals surface area contributed by atoms with E-state index in [0.717, 1.165) is 51.4 Å². The van der Waals surface area contributed by atoms with Crippen LogP contribution < -0.4 is 0 Å². The van der Waals surface area contributed by atoms with Crippen LogP contribution >= 0.6 is 0 Å². The van der Waals surface area contributed by atoms with Gasteiger partial charge in [-0.05, 0) is 80.5 Å². The van der Waals surface area contributed by atoms with Crippen molar-refractivity contribution in [2.45, 2.75) is 105 Å². The first-order valence-electron chi connectivity index (χ1n) is 13.1.